The minimum atomic E-state index is -3.58. The third-order valence-electron chi connectivity index (χ3n) is 5.57. The number of fused-ring (bicyclic) bond motifs is 1. The number of furan rings is 1. The van der Waals surface area contributed by atoms with Crippen LogP contribution in [0.5, 0.6) is 0 Å². The monoisotopic (exact) mass is 441 g/mol. The lowest BCUT2D eigenvalue weighted by atomic mass is 10.1. The van der Waals surface area contributed by atoms with Crippen LogP contribution >= 0.6 is 0 Å². The van der Waals surface area contributed by atoms with Gasteiger partial charge < -0.3 is 8.83 Å². The van der Waals surface area contributed by atoms with Crippen molar-refractivity contribution in [3.63, 3.8) is 0 Å². The molecule has 3 heterocycles. The second-order valence-electron chi connectivity index (χ2n) is 7.58. The smallest absolute Gasteiger partial charge is 0.284 e. The first-order chi connectivity index (χ1) is 14.9. The van der Waals surface area contributed by atoms with Gasteiger partial charge in [-0.15, -0.1) is 10.2 Å². The average Bonchev–Trinajstić information content (AvgIpc) is 3.40. The Hall–Kier alpha value is -3.04. The number of hydrogen-bond acceptors (Lipinski definition) is 6. The van der Waals surface area contributed by atoms with Gasteiger partial charge >= 0.3 is 0 Å². The van der Waals surface area contributed by atoms with E-state index in [4.69, 9.17) is 8.83 Å². The van der Waals surface area contributed by atoms with Crippen molar-refractivity contribution in [1.29, 1.82) is 0 Å². The van der Waals surface area contributed by atoms with E-state index in [2.05, 4.69) is 10.2 Å². The molecule has 0 radical (unpaired) electrons. The SMILES string of the molecule is Cc1c(-c2nnc(-c3cccc(S(=O)(=O)N4CCCCC4)c3)o2)oc2c(F)cccc12. The van der Waals surface area contributed by atoms with E-state index >= 15 is 0 Å². The van der Waals surface area contributed by atoms with Gasteiger partial charge in [-0.05, 0) is 44.0 Å². The van der Waals surface area contributed by atoms with Crippen LogP contribution in [0.4, 0.5) is 4.39 Å². The van der Waals surface area contributed by atoms with Crippen molar-refractivity contribution in [2.24, 2.45) is 0 Å². The van der Waals surface area contributed by atoms with E-state index in [-0.39, 0.29) is 28.0 Å². The van der Waals surface area contributed by atoms with Crippen molar-refractivity contribution in [3.05, 3.63) is 53.8 Å². The molecule has 0 bridgehead atoms. The van der Waals surface area contributed by atoms with Crippen LogP contribution < -0.4 is 0 Å². The Balaban J connectivity index is 1.50. The molecular formula is C22H20FN3O4S. The molecule has 4 aromatic rings. The van der Waals surface area contributed by atoms with Gasteiger partial charge in [0, 0.05) is 29.6 Å². The maximum atomic E-state index is 14.1. The first-order valence-electron chi connectivity index (χ1n) is 10.1. The average molecular weight is 441 g/mol. The summed E-state index contributed by atoms with van der Waals surface area (Å²) < 4.78 is 53.0. The van der Waals surface area contributed by atoms with Crippen LogP contribution in [0.2, 0.25) is 0 Å². The molecule has 5 rings (SSSR count). The number of para-hydroxylation sites is 1. The van der Waals surface area contributed by atoms with Crippen LogP contribution in [0, 0.1) is 12.7 Å². The van der Waals surface area contributed by atoms with Crippen molar-refractivity contribution in [3.8, 4) is 23.1 Å². The number of halogens is 1. The van der Waals surface area contributed by atoms with Crippen molar-refractivity contribution < 1.29 is 21.6 Å². The fraction of sp³-hybridized carbons (Fsp3) is 0.273. The molecule has 31 heavy (non-hydrogen) atoms. The van der Waals surface area contributed by atoms with Crippen molar-refractivity contribution in [1.82, 2.24) is 14.5 Å². The second kappa shape index (κ2) is 7.58. The van der Waals surface area contributed by atoms with Gasteiger partial charge in [-0.1, -0.05) is 24.6 Å². The number of piperidine rings is 1. The lowest BCUT2D eigenvalue weighted by molar-refractivity contribution is 0.346. The molecule has 0 saturated carbocycles. The molecule has 1 fully saturated rings. The molecule has 0 spiro atoms. The Bertz CT molecular complexity index is 1370. The third kappa shape index (κ3) is 3.43. The van der Waals surface area contributed by atoms with Crippen LogP contribution in [0.25, 0.3) is 34.1 Å². The molecule has 9 heteroatoms. The van der Waals surface area contributed by atoms with Gasteiger partial charge in [-0.2, -0.15) is 4.31 Å². The summed E-state index contributed by atoms with van der Waals surface area (Å²) in [6.07, 6.45) is 2.77. The molecule has 1 aliphatic heterocycles. The summed E-state index contributed by atoms with van der Waals surface area (Å²) >= 11 is 0. The Kier molecular flexibility index (Phi) is 4.86. The minimum absolute atomic E-state index is 0.104. The topological polar surface area (TPSA) is 89.4 Å². The number of aromatic nitrogens is 2. The Labute approximate surface area is 178 Å². The fourth-order valence-corrected chi connectivity index (χ4v) is 5.45. The Morgan fingerprint density at radius 3 is 2.48 bits per heavy atom. The zero-order valence-electron chi connectivity index (χ0n) is 16.8. The van der Waals surface area contributed by atoms with Crippen LogP contribution in [0.15, 0.2) is 56.2 Å². The molecule has 0 amide bonds. The summed E-state index contributed by atoms with van der Waals surface area (Å²) in [5, 5.41) is 8.72. The molecule has 0 atom stereocenters. The highest BCUT2D eigenvalue weighted by Crippen LogP contribution is 2.35. The lowest BCUT2D eigenvalue weighted by Crippen LogP contribution is -2.35. The highest BCUT2D eigenvalue weighted by Gasteiger charge is 2.27. The van der Waals surface area contributed by atoms with E-state index in [1.165, 1.54) is 16.4 Å². The predicted molar refractivity (Wildman–Crippen MR) is 112 cm³/mol. The number of nitrogens with zero attached hydrogens (tertiary/aromatic N) is 3. The summed E-state index contributed by atoms with van der Waals surface area (Å²) in [5.41, 5.74) is 1.30. The number of aryl methyl sites for hydroxylation is 1. The van der Waals surface area contributed by atoms with E-state index in [1.807, 2.05) is 0 Å². The zero-order valence-corrected chi connectivity index (χ0v) is 17.7. The van der Waals surface area contributed by atoms with Gasteiger partial charge in [0.1, 0.15) is 0 Å². The highest BCUT2D eigenvalue weighted by atomic mass is 32.2. The maximum Gasteiger partial charge on any atom is 0.284 e. The van der Waals surface area contributed by atoms with E-state index in [1.54, 1.807) is 37.3 Å². The van der Waals surface area contributed by atoms with E-state index in [9.17, 15) is 12.8 Å². The fourth-order valence-electron chi connectivity index (χ4n) is 3.89. The predicted octanol–water partition coefficient (Wildman–Crippen LogP) is 4.77. The van der Waals surface area contributed by atoms with Crippen LogP contribution in [-0.2, 0) is 10.0 Å². The van der Waals surface area contributed by atoms with Crippen molar-refractivity contribution in [2.75, 3.05) is 13.1 Å². The van der Waals surface area contributed by atoms with Crippen LogP contribution in [-0.4, -0.2) is 36.0 Å². The standard InChI is InChI=1S/C22H20FN3O4S/c1-14-17-9-6-10-18(23)20(17)29-19(14)22-25-24-21(30-22)15-7-5-8-16(13-15)31(27,28)26-11-3-2-4-12-26/h5-10,13H,2-4,11-12H2,1H3. The summed E-state index contributed by atoms with van der Waals surface area (Å²) in [6, 6.07) is 11.1. The Morgan fingerprint density at radius 2 is 1.71 bits per heavy atom. The molecule has 2 aromatic carbocycles. The van der Waals surface area contributed by atoms with Crippen LogP contribution in [0.3, 0.4) is 0 Å². The summed E-state index contributed by atoms with van der Waals surface area (Å²) in [6.45, 7) is 2.84. The number of rotatable bonds is 4. The first kappa shape index (κ1) is 19.9. The van der Waals surface area contributed by atoms with Crippen molar-refractivity contribution >= 4 is 21.0 Å². The highest BCUT2D eigenvalue weighted by molar-refractivity contribution is 7.89. The molecule has 0 N–H and O–H groups in total. The zero-order chi connectivity index (χ0) is 21.6. The Morgan fingerprint density at radius 1 is 0.968 bits per heavy atom. The molecule has 160 valence electrons. The number of benzene rings is 2. The van der Waals surface area contributed by atoms with E-state index < -0.39 is 15.8 Å². The number of hydrogen-bond donors (Lipinski definition) is 0. The second-order valence-corrected chi connectivity index (χ2v) is 9.52. The molecule has 0 aliphatic carbocycles. The van der Waals surface area contributed by atoms with E-state index in [0.717, 1.165) is 19.3 Å². The molecule has 2 aromatic heterocycles. The summed E-state index contributed by atoms with van der Waals surface area (Å²) in [4.78, 5) is 0.189. The van der Waals surface area contributed by atoms with Gasteiger partial charge in [0.2, 0.25) is 15.9 Å². The minimum Gasteiger partial charge on any atom is -0.448 e. The molecule has 7 nitrogen and oxygen atoms in total. The maximum absolute atomic E-state index is 14.1. The largest absolute Gasteiger partial charge is 0.448 e. The van der Waals surface area contributed by atoms with Gasteiger partial charge in [-0.3, -0.25) is 0 Å². The lowest BCUT2D eigenvalue weighted by Gasteiger charge is -2.25. The number of sulfonamides is 1. The van der Waals surface area contributed by atoms with Crippen LogP contribution in [0.1, 0.15) is 24.8 Å². The summed E-state index contributed by atoms with van der Waals surface area (Å²) in [5.74, 6) is 0.0802. The van der Waals surface area contributed by atoms with Gasteiger partial charge in [-0.25, -0.2) is 12.8 Å². The van der Waals surface area contributed by atoms with E-state index in [0.29, 0.717) is 29.6 Å². The summed E-state index contributed by atoms with van der Waals surface area (Å²) in [7, 11) is -3.58. The third-order valence-corrected chi connectivity index (χ3v) is 7.46. The molecule has 1 saturated heterocycles. The molecule has 0 unspecified atom stereocenters. The van der Waals surface area contributed by atoms with Gasteiger partial charge in [0.25, 0.3) is 5.89 Å². The first-order valence-corrected chi connectivity index (χ1v) is 11.5. The normalized spacial score (nSPS) is 15.5. The van der Waals surface area contributed by atoms with Gasteiger partial charge in [0.15, 0.2) is 17.2 Å². The van der Waals surface area contributed by atoms with Crippen molar-refractivity contribution in [2.45, 2.75) is 31.1 Å². The molecule has 1 aliphatic rings. The quantitative estimate of drug-likeness (QED) is 0.453. The van der Waals surface area contributed by atoms with Gasteiger partial charge in [0.05, 0.1) is 4.90 Å². The molecular weight excluding hydrogens is 421 g/mol.